The molecule has 1 unspecified atom stereocenters. The number of para-hydroxylation sites is 1. The molecule has 0 aliphatic heterocycles. The molecule has 2 aromatic rings. The lowest BCUT2D eigenvalue weighted by molar-refractivity contribution is 0.0925. The summed E-state index contributed by atoms with van der Waals surface area (Å²) in [6, 6.07) is 7.74. The number of H-pyrrole nitrogens is 1. The van der Waals surface area contributed by atoms with Gasteiger partial charge in [-0.15, -0.1) is 0 Å². The summed E-state index contributed by atoms with van der Waals surface area (Å²) in [6.07, 6.45) is 2.31. The number of hydrogen-bond acceptors (Lipinski definition) is 3. The largest absolute Gasteiger partial charge is 0.491 e. The summed E-state index contributed by atoms with van der Waals surface area (Å²) in [5.41, 5.74) is 2.53. The lowest BCUT2D eigenvalue weighted by atomic mass is 10.2. The maximum atomic E-state index is 12.1. The summed E-state index contributed by atoms with van der Waals surface area (Å²) in [5.74, 6) is 0.720. The number of benzene rings is 1. The zero-order valence-corrected chi connectivity index (χ0v) is 12.6. The molecule has 1 aromatic heterocycles. The SMILES string of the molecule is CCc1[nH]ncc1C(=O)NC(C)COc1ccccc1C. The molecule has 1 amide bonds. The van der Waals surface area contributed by atoms with Gasteiger partial charge in [-0.2, -0.15) is 5.10 Å². The molecular formula is C16H21N3O2. The first kappa shape index (κ1) is 15.1. The molecule has 5 nitrogen and oxygen atoms in total. The first-order valence-corrected chi connectivity index (χ1v) is 7.13. The fourth-order valence-corrected chi connectivity index (χ4v) is 2.05. The van der Waals surface area contributed by atoms with Crippen LogP contribution in [0.25, 0.3) is 0 Å². The number of rotatable bonds is 6. The summed E-state index contributed by atoms with van der Waals surface area (Å²) in [7, 11) is 0. The molecule has 0 radical (unpaired) electrons. The number of nitrogens with one attached hydrogen (secondary N) is 2. The van der Waals surface area contributed by atoms with Crippen LogP contribution in [0.15, 0.2) is 30.5 Å². The molecule has 5 heteroatoms. The summed E-state index contributed by atoms with van der Waals surface area (Å²) < 4.78 is 5.74. The molecule has 1 heterocycles. The van der Waals surface area contributed by atoms with Crippen molar-refractivity contribution in [3.8, 4) is 5.75 Å². The van der Waals surface area contributed by atoms with Crippen LogP contribution >= 0.6 is 0 Å². The highest BCUT2D eigenvalue weighted by molar-refractivity contribution is 5.95. The third kappa shape index (κ3) is 3.84. The van der Waals surface area contributed by atoms with Gasteiger partial charge in [0.25, 0.3) is 5.91 Å². The van der Waals surface area contributed by atoms with Crippen molar-refractivity contribution in [2.75, 3.05) is 6.61 Å². The average Bonchev–Trinajstić information content (AvgIpc) is 2.95. The van der Waals surface area contributed by atoms with Crippen molar-refractivity contribution in [1.29, 1.82) is 0 Å². The van der Waals surface area contributed by atoms with E-state index in [0.29, 0.717) is 12.2 Å². The first-order valence-electron chi connectivity index (χ1n) is 7.13. The van der Waals surface area contributed by atoms with Crippen molar-refractivity contribution in [2.24, 2.45) is 0 Å². The van der Waals surface area contributed by atoms with Gasteiger partial charge in [0.05, 0.1) is 17.8 Å². The van der Waals surface area contributed by atoms with E-state index in [0.717, 1.165) is 23.4 Å². The van der Waals surface area contributed by atoms with E-state index < -0.39 is 0 Å². The van der Waals surface area contributed by atoms with E-state index in [4.69, 9.17) is 4.74 Å². The van der Waals surface area contributed by atoms with Gasteiger partial charge in [-0.25, -0.2) is 0 Å². The third-order valence-corrected chi connectivity index (χ3v) is 3.28. The number of nitrogens with zero attached hydrogens (tertiary/aromatic N) is 1. The lowest BCUT2D eigenvalue weighted by Gasteiger charge is -2.16. The molecule has 1 atom stereocenters. The summed E-state index contributed by atoms with van der Waals surface area (Å²) in [4.78, 5) is 12.1. The summed E-state index contributed by atoms with van der Waals surface area (Å²) in [6.45, 7) is 6.32. The van der Waals surface area contributed by atoms with Crippen LogP contribution in [-0.2, 0) is 6.42 Å². The molecule has 0 bridgehead atoms. The van der Waals surface area contributed by atoms with E-state index in [1.54, 1.807) is 6.20 Å². The maximum absolute atomic E-state index is 12.1. The zero-order chi connectivity index (χ0) is 15.2. The van der Waals surface area contributed by atoms with Crippen molar-refractivity contribution in [1.82, 2.24) is 15.5 Å². The zero-order valence-electron chi connectivity index (χ0n) is 12.6. The molecule has 0 aliphatic rings. The Labute approximate surface area is 124 Å². The van der Waals surface area contributed by atoms with Crippen molar-refractivity contribution in [3.05, 3.63) is 47.3 Å². The van der Waals surface area contributed by atoms with Crippen molar-refractivity contribution < 1.29 is 9.53 Å². The Morgan fingerprint density at radius 3 is 2.90 bits per heavy atom. The van der Waals surface area contributed by atoms with E-state index in [9.17, 15) is 4.79 Å². The van der Waals surface area contributed by atoms with E-state index in [-0.39, 0.29) is 11.9 Å². The van der Waals surface area contributed by atoms with Gasteiger partial charge >= 0.3 is 0 Å². The molecule has 0 fully saturated rings. The Kier molecular flexibility index (Phi) is 4.98. The quantitative estimate of drug-likeness (QED) is 0.857. The van der Waals surface area contributed by atoms with Gasteiger partial charge in [0.15, 0.2) is 0 Å². The van der Waals surface area contributed by atoms with Crippen molar-refractivity contribution >= 4 is 5.91 Å². The average molecular weight is 287 g/mol. The minimum atomic E-state index is -0.124. The van der Waals surface area contributed by atoms with Gasteiger partial charge < -0.3 is 10.1 Å². The Hall–Kier alpha value is -2.30. The molecule has 0 saturated heterocycles. The summed E-state index contributed by atoms with van der Waals surface area (Å²) in [5, 5.41) is 9.67. The highest BCUT2D eigenvalue weighted by atomic mass is 16.5. The monoisotopic (exact) mass is 287 g/mol. The molecule has 0 aliphatic carbocycles. The Balaban J connectivity index is 1.89. The minimum absolute atomic E-state index is 0.0864. The van der Waals surface area contributed by atoms with Crippen LogP contribution in [0.2, 0.25) is 0 Å². The second-order valence-corrected chi connectivity index (χ2v) is 5.07. The van der Waals surface area contributed by atoms with Crippen LogP contribution in [0.5, 0.6) is 5.75 Å². The van der Waals surface area contributed by atoms with Crippen LogP contribution < -0.4 is 10.1 Å². The van der Waals surface area contributed by atoms with Crippen LogP contribution in [0.4, 0.5) is 0 Å². The smallest absolute Gasteiger partial charge is 0.255 e. The van der Waals surface area contributed by atoms with Crippen LogP contribution in [-0.4, -0.2) is 28.8 Å². The Morgan fingerprint density at radius 2 is 2.19 bits per heavy atom. The first-order chi connectivity index (χ1) is 10.1. The molecule has 0 spiro atoms. The Bertz CT molecular complexity index is 607. The topological polar surface area (TPSA) is 67.0 Å². The highest BCUT2D eigenvalue weighted by Gasteiger charge is 2.15. The minimum Gasteiger partial charge on any atom is -0.491 e. The van der Waals surface area contributed by atoms with Gasteiger partial charge in [-0.1, -0.05) is 25.1 Å². The lowest BCUT2D eigenvalue weighted by Crippen LogP contribution is -2.37. The number of aromatic nitrogens is 2. The highest BCUT2D eigenvalue weighted by Crippen LogP contribution is 2.16. The number of carbonyl (C=O) groups excluding carboxylic acids is 1. The van der Waals surface area contributed by atoms with Crippen LogP contribution in [0.1, 0.15) is 35.5 Å². The van der Waals surface area contributed by atoms with Crippen molar-refractivity contribution in [2.45, 2.75) is 33.2 Å². The second-order valence-electron chi connectivity index (χ2n) is 5.07. The van der Waals surface area contributed by atoms with Crippen LogP contribution in [0.3, 0.4) is 0 Å². The predicted octanol–water partition coefficient (Wildman–Crippen LogP) is 2.48. The number of ether oxygens (including phenoxy) is 1. The number of aryl methyl sites for hydroxylation is 2. The molecule has 1 aromatic carbocycles. The van der Waals surface area contributed by atoms with E-state index in [1.807, 2.05) is 45.0 Å². The molecule has 112 valence electrons. The van der Waals surface area contributed by atoms with Gasteiger partial charge in [-0.3, -0.25) is 9.89 Å². The molecular weight excluding hydrogens is 266 g/mol. The predicted molar refractivity (Wildman–Crippen MR) is 81.6 cm³/mol. The van der Waals surface area contributed by atoms with Gasteiger partial charge in [0, 0.05) is 5.69 Å². The number of hydrogen-bond donors (Lipinski definition) is 2. The van der Waals surface area contributed by atoms with Gasteiger partial charge in [0.1, 0.15) is 12.4 Å². The Morgan fingerprint density at radius 1 is 1.43 bits per heavy atom. The molecule has 2 rings (SSSR count). The number of carbonyl (C=O) groups is 1. The molecule has 2 N–H and O–H groups in total. The van der Waals surface area contributed by atoms with Crippen molar-refractivity contribution in [3.63, 3.8) is 0 Å². The van der Waals surface area contributed by atoms with Crippen LogP contribution in [0, 0.1) is 6.92 Å². The van der Waals surface area contributed by atoms with E-state index in [2.05, 4.69) is 15.5 Å². The standard InChI is InChI=1S/C16H21N3O2/c1-4-14-13(9-17-19-14)16(20)18-12(3)10-21-15-8-6-5-7-11(15)2/h5-9,12H,4,10H2,1-3H3,(H,17,19)(H,18,20). The van der Waals surface area contributed by atoms with Gasteiger partial charge in [0.2, 0.25) is 0 Å². The van der Waals surface area contributed by atoms with Gasteiger partial charge in [-0.05, 0) is 31.9 Å². The fraction of sp³-hybridized carbons (Fsp3) is 0.375. The number of aromatic amines is 1. The summed E-state index contributed by atoms with van der Waals surface area (Å²) >= 11 is 0. The fourth-order valence-electron chi connectivity index (χ4n) is 2.05. The maximum Gasteiger partial charge on any atom is 0.255 e. The third-order valence-electron chi connectivity index (χ3n) is 3.28. The second kappa shape index (κ2) is 6.92. The molecule has 21 heavy (non-hydrogen) atoms. The van der Waals surface area contributed by atoms with E-state index in [1.165, 1.54) is 0 Å². The van der Waals surface area contributed by atoms with E-state index >= 15 is 0 Å². The molecule has 0 saturated carbocycles. The number of amides is 1. The normalized spacial score (nSPS) is 12.0.